The number of aromatic nitrogens is 4. The fourth-order valence-electron chi connectivity index (χ4n) is 8.02. The molecule has 4 heteroatoms. The van der Waals surface area contributed by atoms with Crippen LogP contribution in [-0.4, -0.2) is 19.3 Å². The fourth-order valence-corrected chi connectivity index (χ4v) is 8.02. The Bertz CT molecular complexity index is 2950. The lowest BCUT2D eigenvalue weighted by atomic mass is 9.89. The summed E-state index contributed by atoms with van der Waals surface area (Å²) in [6, 6.07) is 69.1. The minimum Gasteiger partial charge on any atom is -0.309 e. The lowest BCUT2D eigenvalue weighted by Gasteiger charge is -2.16. The van der Waals surface area contributed by atoms with Gasteiger partial charge in [-0.05, 0) is 95.8 Å². The van der Waals surface area contributed by atoms with Crippen molar-refractivity contribution < 1.29 is 0 Å². The van der Waals surface area contributed by atoms with Gasteiger partial charge in [-0.1, -0.05) is 157 Å². The van der Waals surface area contributed by atoms with Gasteiger partial charge in [0, 0.05) is 27.6 Å². The third-order valence-corrected chi connectivity index (χ3v) is 10.8. The molecule has 0 N–H and O–H groups in total. The minimum atomic E-state index is 0.698. The average molecular weight is 719 g/mol. The summed E-state index contributed by atoms with van der Waals surface area (Å²) in [5.74, 6) is 1.50. The summed E-state index contributed by atoms with van der Waals surface area (Å²) in [6.07, 6.45) is 0. The van der Waals surface area contributed by atoms with Crippen LogP contribution in [0.15, 0.2) is 194 Å². The summed E-state index contributed by atoms with van der Waals surface area (Å²) in [5.41, 5.74) is 16.1. The Morgan fingerprint density at radius 3 is 1.34 bits per heavy atom. The average Bonchev–Trinajstić information content (AvgIpc) is 3.84. The quantitative estimate of drug-likeness (QED) is 0.164. The molecule has 0 amide bonds. The predicted molar refractivity (Wildman–Crippen MR) is 232 cm³/mol. The van der Waals surface area contributed by atoms with Gasteiger partial charge in [0.25, 0.3) is 0 Å². The van der Waals surface area contributed by atoms with Gasteiger partial charge in [-0.15, -0.1) is 5.10 Å². The lowest BCUT2D eigenvalue weighted by Crippen LogP contribution is -1.99. The molecule has 0 fully saturated rings. The number of hydrogen-bond acceptors (Lipinski definition) is 2. The van der Waals surface area contributed by atoms with Crippen LogP contribution in [0.2, 0.25) is 0 Å². The lowest BCUT2D eigenvalue weighted by molar-refractivity contribution is 0.891. The van der Waals surface area contributed by atoms with Crippen molar-refractivity contribution in [3.05, 3.63) is 205 Å². The maximum atomic E-state index is 5.00. The maximum absolute atomic E-state index is 5.00. The smallest absolute Gasteiger partial charge is 0.182 e. The Labute approximate surface area is 326 Å². The fraction of sp³-hybridized carbons (Fsp3) is 0.0385. The summed E-state index contributed by atoms with van der Waals surface area (Å²) >= 11 is 0. The first-order valence-corrected chi connectivity index (χ1v) is 19.1. The second-order valence-electron chi connectivity index (χ2n) is 14.5. The van der Waals surface area contributed by atoms with Crippen molar-refractivity contribution in [2.75, 3.05) is 0 Å². The Morgan fingerprint density at radius 2 is 0.821 bits per heavy atom. The maximum Gasteiger partial charge on any atom is 0.182 e. The van der Waals surface area contributed by atoms with Gasteiger partial charge in [0.2, 0.25) is 0 Å². The van der Waals surface area contributed by atoms with E-state index < -0.39 is 0 Å². The molecule has 4 nitrogen and oxygen atoms in total. The van der Waals surface area contributed by atoms with Crippen LogP contribution in [0.3, 0.4) is 0 Å². The molecular formula is C52H38N4. The molecule has 0 aliphatic heterocycles. The Balaban J connectivity index is 1.01. The van der Waals surface area contributed by atoms with E-state index in [9.17, 15) is 0 Å². The van der Waals surface area contributed by atoms with Crippen molar-refractivity contribution in [1.29, 1.82) is 0 Å². The zero-order valence-corrected chi connectivity index (χ0v) is 31.3. The molecule has 10 aromatic rings. The molecule has 0 bridgehead atoms. The molecule has 0 aliphatic carbocycles. The Morgan fingerprint density at radius 1 is 0.375 bits per heavy atom. The molecule has 0 saturated heterocycles. The molecule has 10 rings (SSSR count). The van der Waals surface area contributed by atoms with E-state index >= 15 is 0 Å². The van der Waals surface area contributed by atoms with Gasteiger partial charge >= 0.3 is 0 Å². The highest BCUT2D eigenvalue weighted by Gasteiger charge is 2.18. The Kier molecular flexibility index (Phi) is 8.23. The molecule has 0 spiro atoms. The monoisotopic (exact) mass is 718 g/mol. The van der Waals surface area contributed by atoms with Crippen LogP contribution in [0.1, 0.15) is 11.1 Å². The molecule has 0 unspecified atom stereocenters. The summed E-state index contributed by atoms with van der Waals surface area (Å²) in [5, 5.41) is 7.58. The van der Waals surface area contributed by atoms with E-state index in [2.05, 4.69) is 164 Å². The van der Waals surface area contributed by atoms with E-state index in [1.807, 2.05) is 53.2 Å². The van der Waals surface area contributed by atoms with Crippen LogP contribution >= 0.6 is 0 Å². The van der Waals surface area contributed by atoms with Crippen molar-refractivity contribution in [2.45, 2.75) is 13.8 Å². The van der Waals surface area contributed by atoms with Crippen LogP contribution in [-0.2, 0) is 0 Å². The van der Waals surface area contributed by atoms with Gasteiger partial charge in [-0.3, -0.25) is 0 Å². The number of hydrogen-bond donors (Lipinski definition) is 0. The van der Waals surface area contributed by atoms with Gasteiger partial charge in [-0.25, -0.2) is 9.67 Å². The van der Waals surface area contributed by atoms with Crippen LogP contribution in [0, 0.1) is 13.8 Å². The standard InChI is InChI=1S/C52H38N4/c1-35-21-31-49-47(33-35)48-34-36(2)22-32-50(48)55(49)41-27-23-37(24-28-41)43-17-9-11-19-45(43)46-20-12-10-18-44(46)38-25-29-42(30-26-38)56-52(40-15-7-4-8-16-40)53-51(54-56)39-13-5-3-6-14-39/h3-34H,1-2H3. The summed E-state index contributed by atoms with van der Waals surface area (Å²) in [7, 11) is 0. The van der Waals surface area contributed by atoms with E-state index in [0.717, 1.165) is 33.9 Å². The van der Waals surface area contributed by atoms with Gasteiger partial charge in [-0.2, -0.15) is 0 Å². The highest BCUT2D eigenvalue weighted by molar-refractivity contribution is 6.09. The third kappa shape index (κ3) is 5.89. The molecular weight excluding hydrogens is 681 g/mol. The van der Waals surface area contributed by atoms with Crippen LogP contribution in [0.5, 0.6) is 0 Å². The van der Waals surface area contributed by atoms with E-state index in [-0.39, 0.29) is 0 Å². The summed E-state index contributed by atoms with van der Waals surface area (Å²) in [6.45, 7) is 4.33. The zero-order valence-electron chi connectivity index (χ0n) is 31.3. The van der Waals surface area contributed by atoms with Crippen LogP contribution in [0.25, 0.3) is 89.3 Å². The molecule has 0 atom stereocenters. The highest BCUT2D eigenvalue weighted by atomic mass is 15.4. The summed E-state index contributed by atoms with van der Waals surface area (Å²) in [4.78, 5) is 5.00. The molecule has 2 heterocycles. The molecule has 0 radical (unpaired) electrons. The number of nitrogens with zero attached hydrogens (tertiary/aromatic N) is 4. The molecule has 8 aromatic carbocycles. The summed E-state index contributed by atoms with van der Waals surface area (Å²) < 4.78 is 4.34. The van der Waals surface area contributed by atoms with Crippen LogP contribution < -0.4 is 0 Å². The molecule has 0 aliphatic rings. The number of aryl methyl sites for hydroxylation is 2. The normalized spacial score (nSPS) is 11.4. The van der Waals surface area contributed by atoms with Gasteiger partial charge in [0.15, 0.2) is 11.6 Å². The third-order valence-electron chi connectivity index (χ3n) is 10.8. The molecule has 0 saturated carbocycles. The zero-order chi connectivity index (χ0) is 37.6. The van der Waals surface area contributed by atoms with Crippen molar-refractivity contribution in [1.82, 2.24) is 19.3 Å². The van der Waals surface area contributed by atoms with E-state index in [4.69, 9.17) is 10.1 Å². The Hall–Kier alpha value is -7.30. The number of rotatable bonds is 7. The number of benzene rings is 8. The molecule has 2 aromatic heterocycles. The largest absolute Gasteiger partial charge is 0.309 e. The predicted octanol–water partition coefficient (Wildman–Crippen LogP) is 13.3. The first-order valence-electron chi connectivity index (χ1n) is 19.1. The topological polar surface area (TPSA) is 35.6 Å². The first kappa shape index (κ1) is 33.3. The van der Waals surface area contributed by atoms with Crippen molar-refractivity contribution in [3.8, 4) is 67.5 Å². The van der Waals surface area contributed by atoms with Crippen LogP contribution in [0.4, 0.5) is 0 Å². The SMILES string of the molecule is Cc1ccc2c(c1)c1cc(C)ccc1n2-c1ccc(-c2ccccc2-c2ccccc2-c2ccc(-n3nc(-c4ccccc4)nc3-c3ccccc3)cc2)cc1. The highest BCUT2D eigenvalue weighted by Crippen LogP contribution is 2.40. The number of fused-ring (bicyclic) bond motifs is 3. The second kappa shape index (κ2) is 13.8. The van der Waals surface area contributed by atoms with Crippen molar-refractivity contribution >= 4 is 21.8 Å². The van der Waals surface area contributed by atoms with Gasteiger partial charge in [0.05, 0.1) is 16.7 Å². The minimum absolute atomic E-state index is 0.698. The van der Waals surface area contributed by atoms with Gasteiger partial charge < -0.3 is 4.57 Å². The van der Waals surface area contributed by atoms with E-state index in [1.54, 1.807) is 0 Å². The molecule has 56 heavy (non-hydrogen) atoms. The molecule has 266 valence electrons. The first-order chi connectivity index (χ1) is 27.6. The van der Waals surface area contributed by atoms with E-state index in [1.165, 1.54) is 60.8 Å². The van der Waals surface area contributed by atoms with Crippen molar-refractivity contribution in [2.24, 2.45) is 0 Å². The van der Waals surface area contributed by atoms with E-state index in [0.29, 0.717) is 5.82 Å². The second-order valence-corrected chi connectivity index (χ2v) is 14.5. The van der Waals surface area contributed by atoms with Crippen molar-refractivity contribution in [3.63, 3.8) is 0 Å². The van der Waals surface area contributed by atoms with Gasteiger partial charge in [0.1, 0.15) is 0 Å².